The number of fused-ring (bicyclic) bond motifs is 1. The highest BCUT2D eigenvalue weighted by molar-refractivity contribution is 6.40. The number of amidine groups is 2. The molecule has 5 heterocycles. The molecule has 16 nitrogen and oxygen atoms in total. The van der Waals surface area contributed by atoms with Crippen LogP contribution in [-0.4, -0.2) is 113 Å². The van der Waals surface area contributed by atoms with Crippen LogP contribution in [0.5, 0.6) is 0 Å². The van der Waals surface area contributed by atoms with Crippen molar-refractivity contribution in [2.75, 3.05) is 32.7 Å². The van der Waals surface area contributed by atoms with Gasteiger partial charge in [0.15, 0.2) is 0 Å². The lowest BCUT2D eigenvalue weighted by atomic mass is 9.82. The average Bonchev–Trinajstić information content (AvgIpc) is 4.02. The predicted molar refractivity (Wildman–Crippen MR) is 216 cm³/mol. The van der Waals surface area contributed by atoms with Crippen molar-refractivity contribution in [2.24, 2.45) is 39.4 Å². The number of nitriles is 1. The van der Waals surface area contributed by atoms with Crippen molar-refractivity contribution in [3.63, 3.8) is 0 Å². The highest BCUT2D eigenvalue weighted by Gasteiger charge is 2.51. The summed E-state index contributed by atoms with van der Waals surface area (Å²) in [5.41, 5.74) is 5.10. The largest absolute Gasteiger partial charge is 0.358 e. The molecule has 0 spiro atoms. The first-order chi connectivity index (χ1) is 27.1. The summed E-state index contributed by atoms with van der Waals surface area (Å²) in [6.45, 7) is 11.0. The molecule has 57 heavy (non-hydrogen) atoms. The number of carbonyl (C=O) groups excluding carboxylic acids is 5. The Kier molecular flexibility index (Phi) is 12.4. The molecule has 1 aromatic carbocycles. The van der Waals surface area contributed by atoms with Gasteiger partial charge < -0.3 is 42.2 Å². The summed E-state index contributed by atoms with van der Waals surface area (Å²) >= 11 is 0. The zero-order chi connectivity index (χ0) is 41.1. The minimum Gasteiger partial charge on any atom is -0.358 e. The van der Waals surface area contributed by atoms with Crippen LogP contribution in [-0.2, 0) is 19.2 Å². The number of carbonyl (C=O) groups is 5. The topological polar surface area (TPSA) is 239 Å². The molecule has 0 bridgehead atoms. The number of nitrogens with zero attached hydrogens (tertiary/aromatic N) is 4. The summed E-state index contributed by atoms with van der Waals surface area (Å²) in [6, 6.07) is 10.2. The van der Waals surface area contributed by atoms with E-state index in [0.717, 1.165) is 10.9 Å². The van der Waals surface area contributed by atoms with Crippen molar-refractivity contribution in [3.8, 4) is 6.07 Å². The number of nitrogens with one attached hydrogen (secondary N) is 6. The van der Waals surface area contributed by atoms with E-state index in [2.05, 4.69) is 42.6 Å². The first-order valence-electron chi connectivity index (χ1n) is 20.2. The van der Waals surface area contributed by atoms with E-state index in [1.54, 1.807) is 6.07 Å². The van der Waals surface area contributed by atoms with Gasteiger partial charge in [0.2, 0.25) is 17.6 Å². The average molecular weight is 784 g/mol. The molecule has 0 aliphatic carbocycles. The number of aliphatic imine (C=N–C) groups is 2. The molecule has 4 aliphatic heterocycles. The van der Waals surface area contributed by atoms with Crippen molar-refractivity contribution < 1.29 is 24.0 Å². The van der Waals surface area contributed by atoms with E-state index in [1.165, 1.54) is 4.90 Å². The van der Waals surface area contributed by atoms with E-state index >= 15 is 0 Å². The van der Waals surface area contributed by atoms with Gasteiger partial charge in [-0.1, -0.05) is 39.0 Å². The molecule has 4 amide bonds. The SMILES string of the molecule is CC(C)C[C@H](N)C1=NC[C@@](C[C@@H]2CCNC2=O)(C(=O)C(=O)N(CC(C)CC(NC(=O)c2cc3ccccc3[nH]2)C2=NCC(C#N)(CC3CCNC3=O)N2)C(C)C)N1. The van der Waals surface area contributed by atoms with Crippen molar-refractivity contribution in [1.82, 2.24) is 36.5 Å². The van der Waals surface area contributed by atoms with Gasteiger partial charge in [0.1, 0.15) is 28.4 Å². The van der Waals surface area contributed by atoms with E-state index in [4.69, 9.17) is 10.7 Å². The number of aromatic nitrogens is 1. The maximum absolute atomic E-state index is 14.5. The summed E-state index contributed by atoms with van der Waals surface area (Å²) in [5.74, 6) is -1.88. The van der Waals surface area contributed by atoms with Crippen LogP contribution in [0.4, 0.5) is 0 Å². The second kappa shape index (κ2) is 17.1. The number of aromatic amines is 1. The number of H-pyrrole nitrogens is 1. The highest BCUT2D eigenvalue weighted by Crippen LogP contribution is 2.30. The molecule has 0 saturated carbocycles. The van der Waals surface area contributed by atoms with E-state index < -0.39 is 40.8 Å². The minimum absolute atomic E-state index is 0.000480. The second-order valence-corrected chi connectivity index (χ2v) is 17.1. The number of nitrogens with two attached hydrogens (primary N) is 1. The van der Waals surface area contributed by atoms with Gasteiger partial charge in [-0.3, -0.25) is 34.0 Å². The van der Waals surface area contributed by atoms with Crippen LogP contribution in [0.3, 0.4) is 0 Å². The lowest BCUT2D eigenvalue weighted by Crippen LogP contribution is -2.61. The van der Waals surface area contributed by atoms with Gasteiger partial charge in [-0.15, -0.1) is 0 Å². The number of amides is 4. The van der Waals surface area contributed by atoms with Crippen molar-refractivity contribution in [2.45, 2.75) is 102 Å². The molecule has 4 unspecified atom stereocenters. The normalized spacial score (nSPS) is 25.9. The van der Waals surface area contributed by atoms with Crippen LogP contribution in [0, 0.1) is 35.0 Å². The molecule has 2 saturated heterocycles. The molecule has 6 rings (SSSR count). The highest BCUT2D eigenvalue weighted by atomic mass is 16.2. The molecule has 2 aromatic rings. The molecule has 2 fully saturated rings. The molecular formula is C41H57N11O5. The molecule has 0 radical (unpaired) electrons. The van der Waals surface area contributed by atoms with Gasteiger partial charge >= 0.3 is 0 Å². The number of ketones is 1. The first-order valence-corrected chi connectivity index (χ1v) is 20.2. The van der Waals surface area contributed by atoms with Gasteiger partial charge in [-0.05, 0) is 76.3 Å². The number of hydrogen-bond donors (Lipinski definition) is 7. The summed E-state index contributed by atoms with van der Waals surface area (Å²) in [4.78, 5) is 82.0. The third-order valence-corrected chi connectivity index (χ3v) is 11.6. The third kappa shape index (κ3) is 9.14. The van der Waals surface area contributed by atoms with Gasteiger partial charge in [-0.2, -0.15) is 5.26 Å². The summed E-state index contributed by atoms with van der Waals surface area (Å²) < 4.78 is 0. The Labute approximate surface area is 333 Å². The number of hydrogen-bond acceptors (Lipinski definition) is 11. The minimum atomic E-state index is -1.42. The molecule has 4 aliphatic rings. The van der Waals surface area contributed by atoms with Crippen LogP contribution in [0.15, 0.2) is 40.3 Å². The Hall–Kier alpha value is -5.30. The van der Waals surface area contributed by atoms with Gasteiger partial charge in [0.05, 0.1) is 31.2 Å². The number of Topliss-reactive ketones (excluding diaryl/α,β-unsaturated/α-hetero) is 1. The van der Waals surface area contributed by atoms with E-state index in [0.29, 0.717) is 56.1 Å². The number of rotatable bonds is 17. The fourth-order valence-electron chi connectivity index (χ4n) is 8.54. The van der Waals surface area contributed by atoms with E-state index in [9.17, 15) is 29.2 Å². The van der Waals surface area contributed by atoms with Gasteiger partial charge in [0, 0.05) is 48.4 Å². The number of benzene rings is 1. The third-order valence-electron chi connectivity index (χ3n) is 11.6. The van der Waals surface area contributed by atoms with Crippen LogP contribution in [0.25, 0.3) is 10.9 Å². The maximum Gasteiger partial charge on any atom is 0.292 e. The molecular weight excluding hydrogens is 727 g/mol. The van der Waals surface area contributed by atoms with E-state index in [-0.39, 0.29) is 74.0 Å². The van der Waals surface area contributed by atoms with Crippen LogP contribution in [0.2, 0.25) is 0 Å². The summed E-state index contributed by atoms with van der Waals surface area (Å²) in [7, 11) is 0. The Balaban J connectivity index is 1.21. The van der Waals surface area contributed by atoms with Crippen molar-refractivity contribution in [3.05, 3.63) is 36.0 Å². The van der Waals surface area contributed by atoms with Crippen molar-refractivity contribution >= 4 is 52.0 Å². The zero-order valence-electron chi connectivity index (χ0n) is 33.6. The van der Waals surface area contributed by atoms with Gasteiger partial charge in [-0.25, -0.2) is 0 Å². The standard InChI is InChI=1S/C41H57N11O5/c1-23(2)14-29(43)34-47-22-41(51-34,18-28-11-13-45-37(28)55)33(53)39(57)52(24(3)4)19-25(5)15-31(49-38(56)32-16-26-8-6-7-9-30(26)48-32)35-46-21-40(20-42,50-35)17-27-10-12-44-36(27)54/h6-9,16,23-25,27-29,31,48H,10-15,17-19,21-22,43H2,1-5H3,(H,44,54)(H,45,55)(H,46,50)(H,47,51)(H,49,56)/t25?,27?,28-,29-,31?,40?,41-/m0/s1. The Bertz CT molecular complexity index is 1950. The van der Waals surface area contributed by atoms with Crippen LogP contribution in [0.1, 0.15) is 83.6 Å². The zero-order valence-corrected chi connectivity index (χ0v) is 33.6. The monoisotopic (exact) mass is 783 g/mol. The Morgan fingerprint density at radius 1 is 0.947 bits per heavy atom. The molecule has 1 aromatic heterocycles. The quantitative estimate of drug-likeness (QED) is 0.115. The smallest absolute Gasteiger partial charge is 0.292 e. The van der Waals surface area contributed by atoms with Crippen molar-refractivity contribution in [1.29, 1.82) is 5.26 Å². The maximum atomic E-state index is 14.5. The first kappa shape index (κ1) is 41.3. The lowest BCUT2D eigenvalue weighted by molar-refractivity contribution is -0.149. The Morgan fingerprint density at radius 3 is 2.23 bits per heavy atom. The second-order valence-electron chi connectivity index (χ2n) is 17.1. The van der Waals surface area contributed by atoms with Gasteiger partial charge in [0.25, 0.3) is 11.8 Å². The fraction of sp³-hybridized carbons (Fsp3) is 0.610. The van der Waals surface area contributed by atoms with Crippen LogP contribution < -0.4 is 32.3 Å². The number of para-hydroxylation sites is 1. The Morgan fingerprint density at radius 2 is 1.61 bits per heavy atom. The summed E-state index contributed by atoms with van der Waals surface area (Å²) in [5, 5.41) is 26.6. The molecule has 306 valence electrons. The molecule has 7 atom stereocenters. The summed E-state index contributed by atoms with van der Waals surface area (Å²) in [6.07, 6.45) is 2.49. The van der Waals surface area contributed by atoms with Crippen LogP contribution >= 0.6 is 0 Å². The predicted octanol–water partition coefficient (Wildman–Crippen LogP) is 1.53. The molecule has 16 heteroatoms. The molecule has 8 N–H and O–H groups in total. The fourth-order valence-corrected chi connectivity index (χ4v) is 8.54. The lowest BCUT2D eigenvalue weighted by Gasteiger charge is -2.35. The van der Waals surface area contributed by atoms with E-state index in [1.807, 2.05) is 58.9 Å².